The van der Waals surface area contributed by atoms with E-state index in [1.54, 1.807) is 12.3 Å². The Kier molecular flexibility index (Phi) is 13.4. The number of benzene rings is 1. The van der Waals surface area contributed by atoms with Gasteiger partial charge in [0.05, 0.1) is 22.8 Å². The van der Waals surface area contributed by atoms with Gasteiger partial charge in [0.15, 0.2) is 0 Å². The van der Waals surface area contributed by atoms with Crippen LogP contribution in [0.3, 0.4) is 0 Å². The van der Waals surface area contributed by atoms with Crippen LogP contribution in [0.4, 0.5) is 0 Å². The maximum absolute atomic E-state index is 5.30. The second-order valence-electron chi connectivity index (χ2n) is 9.84. The van der Waals surface area contributed by atoms with Gasteiger partial charge in [-0.3, -0.25) is 25.7 Å². The Morgan fingerprint density at radius 2 is 0.977 bits per heavy atom. The molecule has 6 rings (SSSR count). The SMILES string of the molecule is Cc1ccnc(-c2cc(C)ccn2)c1.Cc1ccnc(-c2cc(C)ccn2)c1.NCOc1cc[c-]c(-c2ccccn2)c1.[Os+]. The topological polar surface area (TPSA) is 99.7 Å². The van der Waals surface area contributed by atoms with Crippen LogP contribution in [0.2, 0.25) is 0 Å². The molecular formula is C36H35N6OOs. The van der Waals surface area contributed by atoms with Crippen molar-refractivity contribution < 1.29 is 24.5 Å². The number of aryl methyl sites for hydroxylation is 4. The summed E-state index contributed by atoms with van der Waals surface area (Å²) >= 11 is 0. The molecule has 0 aliphatic rings. The van der Waals surface area contributed by atoms with Crippen molar-refractivity contribution in [3.05, 3.63) is 144 Å². The van der Waals surface area contributed by atoms with E-state index >= 15 is 0 Å². The number of rotatable bonds is 5. The molecule has 0 atom stereocenters. The Balaban J connectivity index is 0.000000178. The zero-order chi connectivity index (χ0) is 30.4. The Morgan fingerprint density at radius 3 is 1.34 bits per heavy atom. The van der Waals surface area contributed by atoms with Gasteiger partial charge in [-0.1, -0.05) is 12.1 Å². The molecule has 223 valence electrons. The van der Waals surface area contributed by atoms with Crippen LogP contribution in [0.15, 0.2) is 116 Å². The van der Waals surface area contributed by atoms with Gasteiger partial charge >= 0.3 is 19.8 Å². The largest absolute Gasteiger partial charge is 1.00 e. The molecule has 1 radical (unpaired) electrons. The number of aromatic nitrogens is 5. The first kappa shape index (κ1) is 33.9. The number of ether oxygens (including phenoxy) is 1. The Bertz CT molecular complexity index is 1570. The molecule has 0 saturated heterocycles. The van der Waals surface area contributed by atoms with Crippen LogP contribution in [-0.2, 0) is 19.8 Å². The quantitative estimate of drug-likeness (QED) is 0.145. The molecule has 0 unspecified atom stereocenters. The van der Waals surface area contributed by atoms with Crippen molar-refractivity contribution in [3.63, 3.8) is 0 Å². The summed E-state index contributed by atoms with van der Waals surface area (Å²) in [4.78, 5) is 21.4. The third-order valence-corrected chi connectivity index (χ3v) is 6.15. The van der Waals surface area contributed by atoms with E-state index < -0.39 is 0 Å². The monoisotopic (exact) mass is 759 g/mol. The van der Waals surface area contributed by atoms with Gasteiger partial charge in [-0.15, -0.1) is 29.8 Å². The zero-order valence-electron chi connectivity index (χ0n) is 25.3. The van der Waals surface area contributed by atoms with Gasteiger partial charge in [-0.25, -0.2) is 0 Å². The third-order valence-electron chi connectivity index (χ3n) is 6.15. The zero-order valence-corrected chi connectivity index (χ0v) is 27.8. The number of hydrogen-bond donors (Lipinski definition) is 1. The molecule has 0 bridgehead atoms. The minimum Gasteiger partial charge on any atom is -0.498 e. The van der Waals surface area contributed by atoms with Crippen molar-refractivity contribution in [2.75, 3.05) is 6.73 Å². The number of nitrogens with zero attached hydrogens (tertiary/aromatic N) is 5. The van der Waals surface area contributed by atoms with Crippen molar-refractivity contribution in [3.8, 4) is 39.8 Å². The van der Waals surface area contributed by atoms with Crippen LogP contribution < -0.4 is 10.5 Å². The molecule has 0 aliphatic carbocycles. The van der Waals surface area contributed by atoms with Gasteiger partial charge in [0.25, 0.3) is 0 Å². The Labute approximate surface area is 272 Å². The molecule has 1 aromatic carbocycles. The smallest absolute Gasteiger partial charge is 0.498 e. The van der Waals surface area contributed by atoms with Crippen LogP contribution >= 0.6 is 0 Å². The Hall–Kier alpha value is -4.63. The summed E-state index contributed by atoms with van der Waals surface area (Å²) in [6.07, 6.45) is 9.01. The van der Waals surface area contributed by atoms with Crippen molar-refractivity contribution in [2.45, 2.75) is 27.7 Å². The van der Waals surface area contributed by atoms with E-state index in [0.29, 0.717) is 0 Å². The van der Waals surface area contributed by atoms with E-state index in [1.165, 1.54) is 22.3 Å². The molecule has 0 fully saturated rings. The molecule has 0 saturated carbocycles. The number of nitrogens with two attached hydrogens (primary N) is 1. The van der Waals surface area contributed by atoms with Gasteiger partial charge in [0.1, 0.15) is 6.73 Å². The van der Waals surface area contributed by atoms with Crippen molar-refractivity contribution in [2.24, 2.45) is 5.73 Å². The van der Waals surface area contributed by atoms with Gasteiger partial charge in [0, 0.05) is 36.7 Å². The van der Waals surface area contributed by atoms with E-state index in [1.807, 2.05) is 104 Å². The summed E-state index contributed by atoms with van der Waals surface area (Å²) in [6.45, 7) is 8.40. The molecule has 0 amide bonds. The van der Waals surface area contributed by atoms with Gasteiger partial charge < -0.3 is 9.72 Å². The van der Waals surface area contributed by atoms with Crippen molar-refractivity contribution in [1.82, 2.24) is 24.9 Å². The predicted molar refractivity (Wildman–Crippen MR) is 172 cm³/mol. The molecular weight excluding hydrogens is 723 g/mol. The van der Waals surface area contributed by atoms with E-state index in [0.717, 1.165) is 39.8 Å². The van der Waals surface area contributed by atoms with Crippen LogP contribution in [0.25, 0.3) is 34.0 Å². The number of hydrogen-bond acceptors (Lipinski definition) is 7. The first-order valence-electron chi connectivity index (χ1n) is 13.9. The maximum atomic E-state index is 5.30. The summed E-state index contributed by atoms with van der Waals surface area (Å²) in [5, 5.41) is 0. The molecule has 8 heteroatoms. The van der Waals surface area contributed by atoms with E-state index in [-0.39, 0.29) is 26.5 Å². The fourth-order valence-corrected chi connectivity index (χ4v) is 4.01. The van der Waals surface area contributed by atoms with Gasteiger partial charge in [0.2, 0.25) is 0 Å². The molecule has 6 aromatic rings. The molecule has 7 nitrogen and oxygen atoms in total. The summed E-state index contributed by atoms with van der Waals surface area (Å²) in [5.41, 5.74) is 15.7. The fourth-order valence-electron chi connectivity index (χ4n) is 4.01. The average molecular weight is 758 g/mol. The first-order chi connectivity index (χ1) is 20.9. The van der Waals surface area contributed by atoms with Crippen LogP contribution in [0.1, 0.15) is 22.3 Å². The molecule has 5 aromatic heterocycles. The molecule has 0 aliphatic heterocycles. The first-order valence-corrected chi connectivity index (χ1v) is 13.9. The minimum atomic E-state index is 0. The molecule has 44 heavy (non-hydrogen) atoms. The van der Waals surface area contributed by atoms with Gasteiger partial charge in [-0.2, -0.15) is 0 Å². The fraction of sp³-hybridized carbons (Fsp3) is 0.139. The van der Waals surface area contributed by atoms with Crippen LogP contribution in [0, 0.1) is 33.8 Å². The van der Waals surface area contributed by atoms with Crippen molar-refractivity contribution in [1.29, 1.82) is 0 Å². The summed E-state index contributed by atoms with van der Waals surface area (Å²) in [6, 6.07) is 30.4. The maximum Gasteiger partial charge on any atom is 1.00 e. The number of pyridine rings is 5. The Morgan fingerprint density at radius 1 is 0.545 bits per heavy atom. The van der Waals surface area contributed by atoms with E-state index in [9.17, 15) is 0 Å². The average Bonchev–Trinajstić information content (AvgIpc) is 3.03. The second-order valence-corrected chi connectivity index (χ2v) is 9.84. The van der Waals surface area contributed by atoms with Crippen LogP contribution in [-0.4, -0.2) is 31.7 Å². The van der Waals surface area contributed by atoms with E-state index in [2.05, 4.69) is 58.7 Å². The summed E-state index contributed by atoms with van der Waals surface area (Å²) < 4.78 is 5.20. The molecule has 5 heterocycles. The summed E-state index contributed by atoms with van der Waals surface area (Å²) in [7, 11) is 0. The second kappa shape index (κ2) is 17.5. The summed E-state index contributed by atoms with van der Waals surface area (Å²) in [5.74, 6) is 0.733. The minimum absolute atomic E-state index is 0. The van der Waals surface area contributed by atoms with Gasteiger partial charge in [-0.05, 0) is 110 Å². The van der Waals surface area contributed by atoms with E-state index in [4.69, 9.17) is 10.5 Å². The van der Waals surface area contributed by atoms with Crippen molar-refractivity contribution >= 4 is 0 Å². The molecule has 0 spiro atoms. The third kappa shape index (κ3) is 10.6. The predicted octanol–water partition coefficient (Wildman–Crippen LogP) is 7.36. The normalized spacial score (nSPS) is 9.84. The standard InChI is InChI=1S/C12H11N2O.2C12H12N2.Os/c13-9-15-11-5-3-4-10(8-11)12-6-1-2-7-14-12;2*1-9-3-5-13-11(7-9)12-8-10(2)4-6-14-12;/h1-3,5-8H,9,13H2;2*3-8H,1-2H3;/q-1;;;+1. The molecule has 2 N–H and O–H groups in total. The van der Waals surface area contributed by atoms with Crippen LogP contribution in [0.5, 0.6) is 5.75 Å².